The number of nitrogens with zero attached hydrogens (tertiary/aromatic N) is 1. The first-order valence-electron chi connectivity index (χ1n) is 4.81. The number of nitrogens with two attached hydrogens (primary N) is 1. The molecule has 2 rings (SSSR count). The van der Waals surface area contributed by atoms with E-state index in [1.807, 2.05) is 12.1 Å². The summed E-state index contributed by atoms with van der Waals surface area (Å²) in [5.74, 6) is -0.161. The number of carbonyl (C=O) groups is 1. The van der Waals surface area contributed by atoms with Gasteiger partial charge in [-0.3, -0.25) is 0 Å². The molecule has 0 amide bonds. The highest BCUT2D eigenvalue weighted by Gasteiger charge is 2.07. The first kappa shape index (κ1) is 11.9. The zero-order valence-corrected chi connectivity index (χ0v) is 10.4. The second-order valence-corrected chi connectivity index (χ2v) is 5.45. The molecule has 0 aromatic carbocycles. The maximum Gasteiger partial charge on any atom is 0.345 e. The molecule has 3 N–H and O–H groups in total. The minimum absolute atomic E-state index is 0.367. The van der Waals surface area contributed by atoms with E-state index in [0.29, 0.717) is 10.6 Å². The first-order valence-corrected chi connectivity index (χ1v) is 6.61. The fourth-order valence-corrected chi connectivity index (χ4v) is 2.92. The van der Waals surface area contributed by atoms with E-state index >= 15 is 0 Å². The van der Waals surface area contributed by atoms with E-state index in [-0.39, 0.29) is 0 Å². The molecule has 0 saturated heterocycles. The molecule has 0 saturated carbocycles. The van der Waals surface area contributed by atoms with Gasteiger partial charge in [-0.25, -0.2) is 9.78 Å². The Hall–Kier alpha value is -1.53. The molecule has 0 spiro atoms. The van der Waals surface area contributed by atoms with E-state index in [4.69, 9.17) is 10.8 Å². The van der Waals surface area contributed by atoms with Crippen molar-refractivity contribution in [3.63, 3.8) is 0 Å². The van der Waals surface area contributed by atoms with Gasteiger partial charge >= 0.3 is 5.97 Å². The lowest BCUT2D eigenvalue weighted by Crippen LogP contribution is -1.89. The summed E-state index contributed by atoms with van der Waals surface area (Å²) in [6.07, 6.45) is 1.61. The van der Waals surface area contributed by atoms with Crippen LogP contribution in [0.1, 0.15) is 14.5 Å². The quantitative estimate of drug-likeness (QED) is 0.832. The van der Waals surface area contributed by atoms with Gasteiger partial charge in [-0.2, -0.15) is 0 Å². The summed E-state index contributed by atoms with van der Waals surface area (Å²) >= 11 is 2.85. The van der Waals surface area contributed by atoms with E-state index in [1.54, 1.807) is 30.1 Å². The first-order chi connectivity index (χ1) is 8.15. The number of aromatic nitrogens is 1. The van der Waals surface area contributed by atoms with Gasteiger partial charge in [0.25, 0.3) is 0 Å². The van der Waals surface area contributed by atoms with Crippen LogP contribution in [-0.4, -0.2) is 16.1 Å². The van der Waals surface area contributed by atoms with E-state index in [9.17, 15) is 4.79 Å². The highest BCUT2D eigenvalue weighted by Crippen LogP contribution is 2.25. The number of hydrogen-bond donors (Lipinski definition) is 2. The van der Waals surface area contributed by atoms with Gasteiger partial charge < -0.3 is 10.8 Å². The number of rotatable bonds is 4. The average molecular weight is 266 g/mol. The minimum atomic E-state index is -0.878. The number of pyridine rings is 1. The molecule has 0 atom stereocenters. The number of nitrogen functional groups attached to an aromatic ring is 1. The van der Waals surface area contributed by atoms with E-state index in [2.05, 4.69) is 4.98 Å². The smallest absolute Gasteiger partial charge is 0.345 e. The largest absolute Gasteiger partial charge is 0.477 e. The Morgan fingerprint density at radius 1 is 1.41 bits per heavy atom. The second kappa shape index (κ2) is 5.20. The topological polar surface area (TPSA) is 76.2 Å². The predicted octanol–water partition coefficient (Wildman–Crippen LogP) is 2.72. The average Bonchev–Trinajstić information content (AvgIpc) is 2.77. The van der Waals surface area contributed by atoms with Gasteiger partial charge in [0.2, 0.25) is 0 Å². The Morgan fingerprint density at radius 2 is 2.24 bits per heavy atom. The predicted molar refractivity (Wildman–Crippen MR) is 69.5 cm³/mol. The van der Waals surface area contributed by atoms with Crippen LogP contribution in [0.3, 0.4) is 0 Å². The van der Waals surface area contributed by atoms with Crippen LogP contribution in [0.4, 0.5) is 5.69 Å². The van der Waals surface area contributed by atoms with E-state index < -0.39 is 5.97 Å². The number of carboxylic acids is 1. The summed E-state index contributed by atoms with van der Waals surface area (Å²) in [5, 5.41) is 9.67. The summed E-state index contributed by atoms with van der Waals surface area (Å²) in [6, 6.07) is 7.11. The van der Waals surface area contributed by atoms with Crippen LogP contribution >= 0.6 is 23.1 Å². The van der Waals surface area contributed by atoms with Gasteiger partial charge in [0.15, 0.2) is 0 Å². The molecule has 2 heterocycles. The lowest BCUT2D eigenvalue weighted by atomic mass is 10.4. The maximum atomic E-state index is 10.7. The van der Waals surface area contributed by atoms with E-state index in [0.717, 1.165) is 15.7 Å². The molecule has 2 aromatic heterocycles. The molecular weight excluding hydrogens is 256 g/mol. The van der Waals surface area contributed by atoms with Crippen LogP contribution in [0.2, 0.25) is 0 Å². The Morgan fingerprint density at radius 3 is 2.82 bits per heavy atom. The molecule has 0 aliphatic rings. The van der Waals surface area contributed by atoms with Gasteiger partial charge in [0.05, 0.1) is 16.9 Å². The molecule has 0 unspecified atom stereocenters. The van der Waals surface area contributed by atoms with Crippen LogP contribution in [0.5, 0.6) is 0 Å². The Bertz CT molecular complexity index is 523. The molecule has 0 bridgehead atoms. The minimum Gasteiger partial charge on any atom is -0.477 e. The van der Waals surface area contributed by atoms with Crippen molar-refractivity contribution in [1.29, 1.82) is 0 Å². The summed E-state index contributed by atoms with van der Waals surface area (Å²) in [5.41, 5.74) is 6.17. The van der Waals surface area contributed by atoms with Crippen molar-refractivity contribution >= 4 is 34.8 Å². The van der Waals surface area contributed by atoms with Crippen LogP contribution in [0.15, 0.2) is 35.5 Å². The van der Waals surface area contributed by atoms with Crippen LogP contribution < -0.4 is 5.73 Å². The summed E-state index contributed by atoms with van der Waals surface area (Å²) < 4.78 is 0. The van der Waals surface area contributed by atoms with Gasteiger partial charge in [-0.05, 0) is 24.3 Å². The van der Waals surface area contributed by atoms with Crippen molar-refractivity contribution in [3.8, 4) is 0 Å². The van der Waals surface area contributed by atoms with Crippen molar-refractivity contribution in [1.82, 2.24) is 4.98 Å². The van der Waals surface area contributed by atoms with Crippen molar-refractivity contribution in [2.45, 2.75) is 10.8 Å². The molecule has 2 aromatic rings. The van der Waals surface area contributed by atoms with Crippen LogP contribution in [0.25, 0.3) is 0 Å². The van der Waals surface area contributed by atoms with Gasteiger partial charge in [0.1, 0.15) is 4.88 Å². The number of aromatic carboxylic acids is 1. The fraction of sp³-hybridized carbons (Fsp3) is 0.0909. The fourth-order valence-electron chi connectivity index (χ4n) is 1.19. The van der Waals surface area contributed by atoms with Crippen molar-refractivity contribution in [3.05, 3.63) is 40.2 Å². The highest BCUT2D eigenvalue weighted by molar-refractivity contribution is 7.98. The number of thioether (sulfide) groups is 1. The normalized spacial score (nSPS) is 10.4. The van der Waals surface area contributed by atoms with Crippen LogP contribution in [0, 0.1) is 0 Å². The molecule has 0 aliphatic heterocycles. The summed E-state index contributed by atoms with van der Waals surface area (Å²) in [6.45, 7) is 0. The Balaban J connectivity index is 1.97. The van der Waals surface area contributed by atoms with Gasteiger partial charge in [0, 0.05) is 10.6 Å². The lowest BCUT2D eigenvalue weighted by molar-refractivity contribution is 0.0702. The Kier molecular flexibility index (Phi) is 3.65. The highest BCUT2D eigenvalue weighted by atomic mass is 32.2. The van der Waals surface area contributed by atoms with Crippen molar-refractivity contribution in [2.24, 2.45) is 0 Å². The maximum absolute atomic E-state index is 10.7. The molecule has 0 aliphatic carbocycles. The molecular formula is C11H10N2O2S2. The Labute approximate surface area is 106 Å². The third kappa shape index (κ3) is 3.21. The summed E-state index contributed by atoms with van der Waals surface area (Å²) in [7, 11) is 0. The van der Waals surface area contributed by atoms with E-state index in [1.165, 1.54) is 11.3 Å². The molecule has 6 heteroatoms. The third-order valence-corrected chi connectivity index (χ3v) is 4.24. The number of carboxylic acid groups (broad SMARTS) is 1. The van der Waals surface area contributed by atoms with Crippen LogP contribution in [-0.2, 0) is 5.75 Å². The second-order valence-electron chi connectivity index (χ2n) is 3.29. The third-order valence-electron chi connectivity index (χ3n) is 1.99. The summed E-state index contributed by atoms with van der Waals surface area (Å²) in [4.78, 5) is 16.3. The zero-order chi connectivity index (χ0) is 12.3. The monoisotopic (exact) mass is 266 g/mol. The molecule has 17 heavy (non-hydrogen) atoms. The molecule has 0 radical (unpaired) electrons. The zero-order valence-electron chi connectivity index (χ0n) is 8.79. The molecule has 4 nitrogen and oxygen atoms in total. The number of hydrogen-bond acceptors (Lipinski definition) is 5. The van der Waals surface area contributed by atoms with Gasteiger partial charge in [-0.1, -0.05) is 0 Å². The van der Waals surface area contributed by atoms with Crippen molar-refractivity contribution in [2.75, 3.05) is 5.73 Å². The standard InChI is InChI=1S/C11H10N2O2S2/c12-7-1-4-10(13-5-7)16-6-8-2-3-9(17-8)11(14)15/h1-5H,6,12H2,(H,14,15). The number of thiophene rings is 1. The molecule has 88 valence electrons. The molecule has 0 fully saturated rings. The lowest BCUT2D eigenvalue weighted by Gasteiger charge is -1.98. The van der Waals surface area contributed by atoms with Crippen molar-refractivity contribution < 1.29 is 9.90 Å². The number of anilines is 1. The van der Waals surface area contributed by atoms with Gasteiger partial charge in [-0.15, -0.1) is 23.1 Å². The SMILES string of the molecule is Nc1ccc(SCc2ccc(C(=O)O)s2)nc1.